The number of carbonyl (C=O) groups excluding carboxylic acids is 1. The summed E-state index contributed by atoms with van der Waals surface area (Å²) in [6.45, 7) is 0.302. The number of hydrogen-bond donors (Lipinski definition) is 0. The average molecular weight is 163 g/mol. The SMILES string of the molecule is CN1CCC(F)(F)CC1C=O. The van der Waals surface area contributed by atoms with Crippen molar-refractivity contribution in [1.29, 1.82) is 0 Å². The first-order valence-corrected chi connectivity index (χ1v) is 3.58. The lowest BCUT2D eigenvalue weighted by atomic mass is 10.0. The van der Waals surface area contributed by atoms with Crippen molar-refractivity contribution >= 4 is 6.29 Å². The van der Waals surface area contributed by atoms with Crippen molar-refractivity contribution in [3.8, 4) is 0 Å². The number of carbonyl (C=O) groups is 1. The van der Waals surface area contributed by atoms with Gasteiger partial charge in [0.2, 0.25) is 0 Å². The zero-order valence-corrected chi connectivity index (χ0v) is 6.39. The van der Waals surface area contributed by atoms with Gasteiger partial charge in [-0.25, -0.2) is 8.78 Å². The highest BCUT2D eigenvalue weighted by Crippen LogP contribution is 2.29. The molecule has 64 valence electrons. The Balaban J connectivity index is 2.58. The Morgan fingerprint density at radius 1 is 1.64 bits per heavy atom. The van der Waals surface area contributed by atoms with Gasteiger partial charge in [0, 0.05) is 19.4 Å². The van der Waals surface area contributed by atoms with Crippen molar-refractivity contribution in [2.75, 3.05) is 13.6 Å². The zero-order valence-electron chi connectivity index (χ0n) is 6.39. The van der Waals surface area contributed by atoms with Gasteiger partial charge in [0.1, 0.15) is 6.29 Å². The molecule has 4 heteroatoms. The molecule has 1 unspecified atom stereocenters. The molecule has 1 aliphatic heterocycles. The van der Waals surface area contributed by atoms with Gasteiger partial charge in [0.05, 0.1) is 6.04 Å². The lowest BCUT2D eigenvalue weighted by molar-refractivity contribution is -0.122. The van der Waals surface area contributed by atoms with Gasteiger partial charge in [-0.05, 0) is 7.05 Å². The fourth-order valence-electron chi connectivity index (χ4n) is 1.22. The number of alkyl halides is 2. The predicted octanol–water partition coefficient (Wildman–Crippen LogP) is 0.915. The van der Waals surface area contributed by atoms with Crippen LogP contribution in [-0.4, -0.2) is 36.7 Å². The highest BCUT2D eigenvalue weighted by molar-refractivity contribution is 5.57. The van der Waals surface area contributed by atoms with Gasteiger partial charge >= 0.3 is 0 Å². The number of halogens is 2. The van der Waals surface area contributed by atoms with Crippen LogP contribution in [0.2, 0.25) is 0 Å². The number of rotatable bonds is 1. The monoisotopic (exact) mass is 163 g/mol. The molecule has 1 atom stereocenters. The summed E-state index contributed by atoms with van der Waals surface area (Å²) in [5.41, 5.74) is 0. The van der Waals surface area contributed by atoms with Crippen LogP contribution in [-0.2, 0) is 4.79 Å². The Morgan fingerprint density at radius 2 is 2.27 bits per heavy atom. The van der Waals surface area contributed by atoms with Crippen molar-refractivity contribution in [1.82, 2.24) is 4.90 Å². The molecule has 1 rings (SSSR count). The highest BCUT2D eigenvalue weighted by Gasteiger charge is 2.38. The van der Waals surface area contributed by atoms with E-state index in [1.165, 1.54) is 0 Å². The molecule has 0 N–H and O–H groups in total. The Hall–Kier alpha value is -0.510. The molecular formula is C7H11F2NO. The fraction of sp³-hybridized carbons (Fsp3) is 0.857. The van der Waals surface area contributed by atoms with Crippen LogP contribution in [0.25, 0.3) is 0 Å². The molecule has 1 saturated heterocycles. The number of nitrogens with zero attached hydrogens (tertiary/aromatic N) is 1. The Labute approximate surface area is 64.2 Å². The van der Waals surface area contributed by atoms with Crippen molar-refractivity contribution in [2.24, 2.45) is 0 Å². The van der Waals surface area contributed by atoms with Crippen molar-refractivity contribution < 1.29 is 13.6 Å². The van der Waals surface area contributed by atoms with E-state index < -0.39 is 12.0 Å². The Kier molecular flexibility index (Phi) is 2.23. The van der Waals surface area contributed by atoms with E-state index in [9.17, 15) is 13.6 Å². The summed E-state index contributed by atoms with van der Waals surface area (Å²) < 4.78 is 25.3. The molecule has 0 amide bonds. The summed E-state index contributed by atoms with van der Waals surface area (Å²) in [4.78, 5) is 11.9. The first-order valence-electron chi connectivity index (χ1n) is 3.58. The van der Waals surface area contributed by atoms with Crippen LogP contribution in [0, 0.1) is 0 Å². The molecule has 1 heterocycles. The third kappa shape index (κ3) is 1.96. The summed E-state index contributed by atoms with van der Waals surface area (Å²) in [7, 11) is 1.69. The minimum absolute atomic E-state index is 0.131. The predicted molar refractivity (Wildman–Crippen MR) is 36.7 cm³/mol. The summed E-state index contributed by atoms with van der Waals surface area (Å²) in [5.74, 6) is -2.64. The molecule has 1 fully saturated rings. The van der Waals surface area contributed by atoms with E-state index in [-0.39, 0.29) is 12.8 Å². The number of likely N-dealkylation sites (N-methyl/N-ethyl adjacent to an activating group) is 1. The summed E-state index contributed by atoms with van der Waals surface area (Å²) in [6.07, 6.45) is 0.133. The van der Waals surface area contributed by atoms with E-state index >= 15 is 0 Å². The van der Waals surface area contributed by atoms with Gasteiger partial charge in [-0.3, -0.25) is 4.90 Å². The van der Waals surface area contributed by atoms with Crippen LogP contribution >= 0.6 is 0 Å². The van der Waals surface area contributed by atoms with E-state index in [2.05, 4.69) is 0 Å². The third-order valence-electron chi connectivity index (χ3n) is 2.06. The Bertz CT molecular complexity index is 161. The minimum Gasteiger partial charge on any atom is -0.302 e. The molecule has 0 aromatic heterocycles. The number of aldehydes is 1. The maximum Gasteiger partial charge on any atom is 0.251 e. The third-order valence-corrected chi connectivity index (χ3v) is 2.06. The average Bonchev–Trinajstić information content (AvgIpc) is 1.94. The summed E-state index contributed by atoms with van der Waals surface area (Å²) >= 11 is 0. The molecule has 0 radical (unpaired) electrons. The molecule has 0 bridgehead atoms. The number of piperidine rings is 1. The molecular weight excluding hydrogens is 152 g/mol. The first-order chi connectivity index (χ1) is 5.05. The van der Waals surface area contributed by atoms with E-state index in [0.717, 1.165) is 0 Å². The highest BCUT2D eigenvalue weighted by atomic mass is 19.3. The van der Waals surface area contributed by atoms with Gasteiger partial charge < -0.3 is 4.79 Å². The normalized spacial score (nSPS) is 31.7. The number of hydrogen-bond acceptors (Lipinski definition) is 2. The molecule has 0 aliphatic carbocycles. The van der Waals surface area contributed by atoms with Crippen LogP contribution in [0.1, 0.15) is 12.8 Å². The molecule has 2 nitrogen and oxygen atoms in total. The first kappa shape index (κ1) is 8.59. The quantitative estimate of drug-likeness (QED) is 0.535. The molecule has 0 aromatic carbocycles. The van der Waals surface area contributed by atoms with Gasteiger partial charge in [0.25, 0.3) is 5.92 Å². The minimum atomic E-state index is -2.64. The fourth-order valence-corrected chi connectivity index (χ4v) is 1.22. The number of likely N-dealkylation sites (tertiary alicyclic amines) is 1. The largest absolute Gasteiger partial charge is 0.302 e. The van der Waals surface area contributed by atoms with Crippen LogP contribution in [0.4, 0.5) is 8.78 Å². The maximum atomic E-state index is 12.6. The second kappa shape index (κ2) is 2.85. The summed E-state index contributed by atoms with van der Waals surface area (Å²) in [5, 5.41) is 0. The van der Waals surface area contributed by atoms with Gasteiger partial charge in [-0.15, -0.1) is 0 Å². The second-order valence-corrected chi connectivity index (χ2v) is 2.99. The van der Waals surface area contributed by atoms with E-state index in [0.29, 0.717) is 12.8 Å². The smallest absolute Gasteiger partial charge is 0.251 e. The van der Waals surface area contributed by atoms with E-state index in [1.54, 1.807) is 11.9 Å². The maximum absolute atomic E-state index is 12.6. The van der Waals surface area contributed by atoms with Crippen LogP contribution in [0.5, 0.6) is 0 Å². The van der Waals surface area contributed by atoms with E-state index in [4.69, 9.17) is 0 Å². The topological polar surface area (TPSA) is 20.3 Å². The lowest BCUT2D eigenvalue weighted by Gasteiger charge is -2.33. The van der Waals surface area contributed by atoms with E-state index in [1.807, 2.05) is 0 Å². The van der Waals surface area contributed by atoms with Crippen LogP contribution in [0.3, 0.4) is 0 Å². The molecule has 1 aliphatic rings. The lowest BCUT2D eigenvalue weighted by Crippen LogP contribution is -2.45. The standard InChI is InChI=1S/C7H11F2NO/c1-10-3-2-7(8,9)4-6(10)5-11/h5-6H,2-4H2,1H3. The molecule has 0 saturated carbocycles. The second-order valence-electron chi connectivity index (χ2n) is 2.99. The molecule has 0 spiro atoms. The van der Waals surface area contributed by atoms with Crippen LogP contribution < -0.4 is 0 Å². The van der Waals surface area contributed by atoms with Crippen molar-refractivity contribution in [3.05, 3.63) is 0 Å². The van der Waals surface area contributed by atoms with Gasteiger partial charge in [-0.2, -0.15) is 0 Å². The van der Waals surface area contributed by atoms with Gasteiger partial charge in [-0.1, -0.05) is 0 Å². The van der Waals surface area contributed by atoms with Gasteiger partial charge in [0.15, 0.2) is 0 Å². The molecule has 11 heavy (non-hydrogen) atoms. The Morgan fingerprint density at radius 3 is 2.73 bits per heavy atom. The van der Waals surface area contributed by atoms with Crippen molar-refractivity contribution in [3.63, 3.8) is 0 Å². The van der Waals surface area contributed by atoms with Crippen LogP contribution in [0.15, 0.2) is 0 Å². The molecule has 0 aromatic rings. The zero-order chi connectivity index (χ0) is 8.48. The summed E-state index contributed by atoms with van der Waals surface area (Å²) in [6, 6.07) is -0.598. The van der Waals surface area contributed by atoms with Crippen molar-refractivity contribution in [2.45, 2.75) is 24.8 Å².